The zero-order valence-corrected chi connectivity index (χ0v) is 14.1. The minimum atomic E-state index is 0.0592. The highest BCUT2D eigenvalue weighted by Gasteiger charge is 2.29. The second-order valence-electron chi connectivity index (χ2n) is 6.47. The molecule has 1 N–H and O–H groups in total. The highest BCUT2D eigenvalue weighted by atomic mass is 16.5. The van der Waals surface area contributed by atoms with E-state index in [1.54, 1.807) is 0 Å². The lowest BCUT2D eigenvalue weighted by Gasteiger charge is -2.26. The molecule has 0 bridgehead atoms. The van der Waals surface area contributed by atoms with Crippen LogP contribution in [-0.2, 0) is 13.0 Å². The molecule has 4 nitrogen and oxygen atoms in total. The average Bonchev–Trinajstić information content (AvgIpc) is 3.07. The molecule has 0 spiro atoms. The van der Waals surface area contributed by atoms with Crippen LogP contribution in [0.2, 0.25) is 0 Å². The van der Waals surface area contributed by atoms with Gasteiger partial charge in [0.25, 0.3) is 0 Å². The second-order valence-corrected chi connectivity index (χ2v) is 6.47. The third kappa shape index (κ3) is 3.23. The summed E-state index contributed by atoms with van der Waals surface area (Å²) in [5, 5.41) is 13.8. The van der Waals surface area contributed by atoms with Gasteiger partial charge in [-0.2, -0.15) is 0 Å². The molecule has 2 aromatic carbocycles. The van der Waals surface area contributed by atoms with Crippen molar-refractivity contribution in [1.82, 2.24) is 10.1 Å². The molecule has 0 radical (unpaired) electrons. The summed E-state index contributed by atoms with van der Waals surface area (Å²) >= 11 is 0. The summed E-state index contributed by atoms with van der Waals surface area (Å²) in [4.78, 5) is 2.26. The smallest absolute Gasteiger partial charge is 0.142 e. The Morgan fingerprint density at radius 1 is 1.00 bits per heavy atom. The first-order valence-electron chi connectivity index (χ1n) is 8.77. The molecular formula is C21H22N2O2. The standard InChI is InChI=1S/C21H22N2O2/c24-14-13-23-12-11-19-18(15-23)21(22-25-19)20(16-7-3-1-4-8-16)17-9-5-2-6-10-17/h1-10,20,24H,11-15H2. The van der Waals surface area contributed by atoms with E-state index in [-0.39, 0.29) is 12.5 Å². The van der Waals surface area contributed by atoms with Gasteiger partial charge in [0, 0.05) is 31.6 Å². The van der Waals surface area contributed by atoms with Crippen molar-refractivity contribution >= 4 is 0 Å². The first-order chi connectivity index (χ1) is 12.4. The van der Waals surface area contributed by atoms with Crippen LogP contribution in [-0.4, -0.2) is 34.9 Å². The normalized spacial score (nSPS) is 14.6. The van der Waals surface area contributed by atoms with Crippen LogP contribution in [0, 0.1) is 0 Å². The zero-order chi connectivity index (χ0) is 17.1. The van der Waals surface area contributed by atoms with Gasteiger partial charge in [-0.1, -0.05) is 65.8 Å². The van der Waals surface area contributed by atoms with E-state index in [0.29, 0.717) is 6.54 Å². The molecule has 0 fully saturated rings. The number of nitrogens with zero attached hydrogens (tertiary/aromatic N) is 2. The van der Waals surface area contributed by atoms with Crippen molar-refractivity contribution < 1.29 is 9.63 Å². The molecule has 0 atom stereocenters. The third-order valence-corrected chi connectivity index (χ3v) is 4.89. The molecule has 0 saturated carbocycles. The fourth-order valence-electron chi connectivity index (χ4n) is 3.64. The van der Waals surface area contributed by atoms with E-state index in [4.69, 9.17) is 4.52 Å². The Morgan fingerprint density at radius 3 is 2.24 bits per heavy atom. The zero-order valence-electron chi connectivity index (χ0n) is 14.1. The minimum absolute atomic E-state index is 0.0592. The van der Waals surface area contributed by atoms with Crippen LogP contribution in [0.5, 0.6) is 0 Å². The molecule has 4 rings (SSSR count). The Kier molecular flexibility index (Phi) is 4.63. The first kappa shape index (κ1) is 16.1. The lowest BCUT2D eigenvalue weighted by molar-refractivity contribution is 0.178. The van der Waals surface area contributed by atoms with Crippen molar-refractivity contribution in [1.29, 1.82) is 0 Å². The van der Waals surface area contributed by atoms with Crippen molar-refractivity contribution in [3.63, 3.8) is 0 Å². The van der Waals surface area contributed by atoms with Gasteiger partial charge in [0.15, 0.2) is 0 Å². The largest absolute Gasteiger partial charge is 0.395 e. The van der Waals surface area contributed by atoms with Crippen molar-refractivity contribution in [2.24, 2.45) is 0 Å². The van der Waals surface area contributed by atoms with E-state index >= 15 is 0 Å². The molecule has 0 amide bonds. The van der Waals surface area contributed by atoms with Crippen molar-refractivity contribution in [3.8, 4) is 0 Å². The van der Waals surface area contributed by atoms with Gasteiger partial charge in [-0.25, -0.2) is 0 Å². The Labute approximate surface area is 147 Å². The number of hydrogen-bond acceptors (Lipinski definition) is 4. The lowest BCUT2D eigenvalue weighted by Crippen LogP contribution is -2.32. The predicted molar refractivity (Wildman–Crippen MR) is 96.4 cm³/mol. The molecule has 1 aliphatic rings. The van der Waals surface area contributed by atoms with E-state index in [0.717, 1.165) is 31.0 Å². The van der Waals surface area contributed by atoms with Crippen molar-refractivity contribution in [2.45, 2.75) is 18.9 Å². The molecule has 3 aromatic rings. The fraction of sp³-hybridized carbons (Fsp3) is 0.286. The molecule has 0 unspecified atom stereocenters. The summed E-state index contributed by atoms with van der Waals surface area (Å²) in [6.45, 7) is 2.55. The molecule has 25 heavy (non-hydrogen) atoms. The van der Waals surface area contributed by atoms with Gasteiger partial charge in [0.05, 0.1) is 12.5 Å². The third-order valence-electron chi connectivity index (χ3n) is 4.89. The molecule has 0 aliphatic carbocycles. The number of hydrogen-bond donors (Lipinski definition) is 1. The van der Waals surface area contributed by atoms with Crippen LogP contribution in [0.15, 0.2) is 65.2 Å². The van der Waals surface area contributed by atoms with E-state index in [1.165, 1.54) is 16.7 Å². The number of β-amino-alcohol motifs (C(OH)–C–C–N with tert-alkyl or cyclic N) is 1. The van der Waals surface area contributed by atoms with Crippen molar-refractivity contribution in [2.75, 3.05) is 19.7 Å². The van der Waals surface area contributed by atoms with Gasteiger partial charge in [-0.15, -0.1) is 0 Å². The maximum atomic E-state index is 9.27. The summed E-state index contributed by atoms with van der Waals surface area (Å²) in [7, 11) is 0. The second kappa shape index (κ2) is 7.21. The van der Waals surface area contributed by atoms with Gasteiger partial charge >= 0.3 is 0 Å². The van der Waals surface area contributed by atoms with Crippen LogP contribution >= 0.6 is 0 Å². The summed E-state index contributed by atoms with van der Waals surface area (Å²) in [6, 6.07) is 20.9. The van der Waals surface area contributed by atoms with Crippen LogP contribution in [0.25, 0.3) is 0 Å². The maximum absolute atomic E-state index is 9.27. The van der Waals surface area contributed by atoms with Gasteiger partial charge in [-0.3, -0.25) is 4.90 Å². The number of fused-ring (bicyclic) bond motifs is 1. The Hall–Kier alpha value is -2.43. The fourth-order valence-corrected chi connectivity index (χ4v) is 3.64. The number of rotatable bonds is 5. The quantitative estimate of drug-likeness (QED) is 0.778. The lowest BCUT2D eigenvalue weighted by atomic mass is 9.85. The number of aliphatic hydroxyl groups is 1. The molecule has 128 valence electrons. The predicted octanol–water partition coefficient (Wildman–Crippen LogP) is 3.21. The summed E-state index contributed by atoms with van der Waals surface area (Å²) < 4.78 is 5.70. The summed E-state index contributed by atoms with van der Waals surface area (Å²) in [5.74, 6) is 1.05. The highest BCUT2D eigenvalue weighted by Crippen LogP contribution is 2.36. The highest BCUT2D eigenvalue weighted by molar-refractivity contribution is 5.44. The average molecular weight is 334 g/mol. The first-order valence-corrected chi connectivity index (χ1v) is 8.77. The molecule has 4 heteroatoms. The topological polar surface area (TPSA) is 49.5 Å². The van der Waals surface area contributed by atoms with Crippen LogP contribution < -0.4 is 0 Å². The van der Waals surface area contributed by atoms with E-state index in [1.807, 2.05) is 12.1 Å². The summed E-state index contributed by atoms with van der Waals surface area (Å²) in [6.07, 6.45) is 0.846. The summed E-state index contributed by atoms with van der Waals surface area (Å²) in [5.41, 5.74) is 4.60. The Balaban J connectivity index is 1.78. The van der Waals surface area contributed by atoms with Crippen LogP contribution in [0.1, 0.15) is 34.1 Å². The van der Waals surface area contributed by atoms with E-state index in [9.17, 15) is 5.11 Å². The number of benzene rings is 2. The van der Waals surface area contributed by atoms with Gasteiger partial charge < -0.3 is 9.63 Å². The van der Waals surface area contributed by atoms with Gasteiger partial charge in [0.1, 0.15) is 11.5 Å². The minimum Gasteiger partial charge on any atom is -0.395 e. The van der Waals surface area contributed by atoms with E-state index in [2.05, 4.69) is 58.6 Å². The van der Waals surface area contributed by atoms with Crippen LogP contribution in [0.3, 0.4) is 0 Å². The van der Waals surface area contributed by atoms with Gasteiger partial charge in [-0.05, 0) is 11.1 Å². The Bertz CT molecular complexity index is 775. The van der Waals surface area contributed by atoms with Gasteiger partial charge in [0.2, 0.25) is 0 Å². The molecule has 1 aromatic heterocycles. The molecule has 0 saturated heterocycles. The SMILES string of the molecule is OCCN1CCc2onc(C(c3ccccc3)c3ccccc3)c2C1. The number of aromatic nitrogens is 1. The Morgan fingerprint density at radius 2 is 1.64 bits per heavy atom. The number of aliphatic hydroxyl groups excluding tert-OH is 1. The molecule has 2 heterocycles. The van der Waals surface area contributed by atoms with Crippen LogP contribution in [0.4, 0.5) is 0 Å². The maximum Gasteiger partial charge on any atom is 0.142 e. The van der Waals surface area contributed by atoms with E-state index < -0.39 is 0 Å². The monoisotopic (exact) mass is 334 g/mol. The van der Waals surface area contributed by atoms with Crippen molar-refractivity contribution in [3.05, 3.63) is 88.8 Å². The molecule has 1 aliphatic heterocycles. The molecular weight excluding hydrogens is 312 g/mol.